The van der Waals surface area contributed by atoms with Gasteiger partial charge in [0, 0.05) is 44.8 Å². The number of nitrogens with one attached hydrogen (secondary N) is 1. The van der Waals surface area contributed by atoms with Crippen LogP contribution in [0.15, 0.2) is 48.5 Å². The fourth-order valence-electron chi connectivity index (χ4n) is 3.30. The number of amides is 1. The van der Waals surface area contributed by atoms with Crippen LogP contribution in [0.3, 0.4) is 0 Å². The van der Waals surface area contributed by atoms with Crippen molar-refractivity contribution in [1.29, 1.82) is 0 Å². The van der Waals surface area contributed by atoms with Gasteiger partial charge >= 0.3 is 0 Å². The maximum atomic E-state index is 13.2. The topological polar surface area (TPSA) is 69.7 Å². The van der Waals surface area contributed by atoms with Gasteiger partial charge in [-0.1, -0.05) is 29.8 Å². The zero-order valence-corrected chi connectivity index (χ0v) is 17.3. The predicted octanol–water partition coefficient (Wildman–Crippen LogP) is 2.01. The van der Waals surface area contributed by atoms with E-state index in [9.17, 15) is 17.6 Å². The number of nitrogens with zero attached hydrogens (tertiary/aromatic N) is 2. The number of hydrogen-bond acceptors (Lipinski definition) is 4. The van der Waals surface area contributed by atoms with Gasteiger partial charge in [0.05, 0.1) is 5.75 Å². The molecule has 3 rings (SSSR count). The highest BCUT2D eigenvalue weighted by molar-refractivity contribution is 7.89. The Labute approximate surface area is 171 Å². The maximum Gasteiger partial charge on any atom is 0.254 e. The van der Waals surface area contributed by atoms with Crippen LogP contribution >= 0.6 is 0 Å². The Balaban J connectivity index is 1.78. The molecule has 0 aliphatic carbocycles. The van der Waals surface area contributed by atoms with Gasteiger partial charge in [0.25, 0.3) is 5.91 Å². The highest BCUT2D eigenvalue weighted by Gasteiger charge is 2.26. The second-order valence-corrected chi connectivity index (χ2v) is 9.28. The summed E-state index contributed by atoms with van der Waals surface area (Å²) in [5.41, 5.74) is 2.20. The van der Waals surface area contributed by atoms with Crippen molar-refractivity contribution >= 4 is 15.9 Å². The van der Waals surface area contributed by atoms with Crippen molar-refractivity contribution in [3.05, 3.63) is 71.0 Å². The van der Waals surface area contributed by atoms with E-state index in [1.54, 1.807) is 30.3 Å². The number of piperazine rings is 1. The first-order valence-electron chi connectivity index (χ1n) is 9.64. The highest BCUT2D eigenvalue weighted by Crippen LogP contribution is 2.14. The molecule has 2 aromatic rings. The van der Waals surface area contributed by atoms with Crippen LogP contribution in [0.25, 0.3) is 0 Å². The van der Waals surface area contributed by atoms with E-state index in [1.807, 2.05) is 13.0 Å². The normalized spacial score (nSPS) is 15.2. The first-order chi connectivity index (χ1) is 13.8. The highest BCUT2D eigenvalue weighted by atomic mass is 32.2. The molecule has 1 N–H and O–H groups in total. The van der Waals surface area contributed by atoms with Crippen LogP contribution in [0, 0.1) is 12.7 Å². The molecular weight excluding hydrogens is 393 g/mol. The van der Waals surface area contributed by atoms with Crippen LogP contribution in [0.4, 0.5) is 4.39 Å². The molecule has 29 heavy (non-hydrogen) atoms. The van der Waals surface area contributed by atoms with Crippen molar-refractivity contribution in [2.75, 3.05) is 38.5 Å². The van der Waals surface area contributed by atoms with Crippen LogP contribution in [-0.4, -0.2) is 62.0 Å². The van der Waals surface area contributed by atoms with Crippen LogP contribution in [0.2, 0.25) is 0 Å². The van der Waals surface area contributed by atoms with Gasteiger partial charge < -0.3 is 10.2 Å². The van der Waals surface area contributed by atoms with Gasteiger partial charge in [-0.25, -0.2) is 12.8 Å². The molecule has 1 amide bonds. The Morgan fingerprint density at radius 2 is 1.83 bits per heavy atom. The van der Waals surface area contributed by atoms with E-state index in [-0.39, 0.29) is 30.6 Å². The van der Waals surface area contributed by atoms with Crippen LogP contribution in [0.1, 0.15) is 21.5 Å². The average molecular weight is 420 g/mol. The number of carbonyl (C=O) groups is 1. The third kappa shape index (κ3) is 5.85. The summed E-state index contributed by atoms with van der Waals surface area (Å²) in [5, 5.41) is 3.13. The van der Waals surface area contributed by atoms with E-state index in [0.29, 0.717) is 31.7 Å². The van der Waals surface area contributed by atoms with Gasteiger partial charge in [0.1, 0.15) is 5.82 Å². The van der Waals surface area contributed by atoms with E-state index in [2.05, 4.69) is 5.32 Å². The number of aryl methyl sites for hydroxylation is 1. The summed E-state index contributed by atoms with van der Waals surface area (Å²) in [7, 11) is -3.46. The molecule has 1 saturated heterocycles. The average Bonchev–Trinajstić information content (AvgIpc) is 2.72. The molecule has 6 nitrogen and oxygen atoms in total. The van der Waals surface area contributed by atoms with E-state index in [1.165, 1.54) is 21.3 Å². The summed E-state index contributed by atoms with van der Waals surface area (Å²) in [6.07, 6.45) is 0. The molecule has 1 heterocycles. The minimum atomic E-state index is -3.46. The lowest BCUT2D eigenvalue weighted by Crippen LogP contribution is -2.48. The van der Waals surface area contributed by atoms with Gasteiger partial charge in [-0.15, -0.1) is 0 Å². The fourth-order valence-corrected chi connectivity index (χ4v) is 4.75. The Hall–Kier alpha value is -2.29. The molecule has 0 spiro atoms. The summed E-state index contributed by atoms with van der Waals surface area (Å²) in [4.78, 5) is 14.6. The third-order valence-electron chi connectivity index (χ3n) is 4.93. The number of sulfonamides is 1. The molecule has 8 heteroatoms. The summed E-state index contributed by atoms with van der Waals surface area (Å²) in [6, 6.07) is 13.1. The van der Waals surface area contributed by atoms with Crippen LogP contribution < -0.4 is 5.32 Å². The van der Waals surface area contributed by atoms with Crippen molar-refractivity contribution in [3.8, 4) is 0 Å². The second kappa shape index (κ2) is 9.47. The molecule has 1 aliphatic rings. The lowest BCUT2D eigenvalue weighted by Gasteiger charge is -2.28. The second-order valence-electron chi connectivity index (χ2n) is 7.19. The van der Waals surface area contributed by atoms with Crippen molar-refractivity contribution in [2.45, 2.75) is 13.5 Å². The van der Waals surface area contributed by atoms with Crippen molar-refractivity contribution in [3.63, 3.8) is 0 Å². The van der Waals surface area contributed by atoms with E-state index >= 15 is 0 Å². The first-order valence-corrected chi connectivity index (χ1v) is 11.2. The van der Waals surface area contributed by atoms with Crippen molar-refractivity contribution < 1.29 is 17.6 Å². The van der Waals surface area contributed by atoms with Gasteiger partial charge in [-0.3, -0.25) is 4.79 Å². The quantitative estimate of drug-likeness (QED) is 0.746. The summed E-state index contributed by atoms with van der Waals surface area (Å²) < 4.78 is 40.1. The Morgan fingerprint density at radius 3 is 2.48 bits per heavy atom. The lowest BCUT2D eigenvalue weighted by atomic mass is 10.1. The summed E-state index contributed by atoms with van der Waals surface area (Å²) in [6.45, 7) is 4.30. The standard InChI is InChI=1S/C21H26FN3O3S/c1-17-3-2-4-19(15-17)21(26)24(16-18-5-7-20(22)8-6-18)13-14-29(27,28)25-11-9-23-10-12-25/h2-8,15,23H,9-14,16H2,1H3. The Bertz CT molecular complexity index is 942. The van der Waals surface area contributed by atoms with Gasteiger partial charge in [-0.2, -0.15) is 4.31 Å². The van der Waals surface area contributed by atoms with Crippen molar-refractivity contribution in [2.24, 2.45) is 0 Å². The number of carbonyl (C=O) groups excluding carboxylic acids is 1. The molecule has 0 radical (unpaired) electrons. The number of rotatable bonds is 7. The number of halogens is 1. The Kier molecular flexibility index (Phi) is 7.00. The minimum absolute atomic E-state index is 0.0659. The van der Waals surface area contributed by atoms with E-state index < -0.39 is 10.0 Å². The van der Waals surface area contributed by atoms with E-state index in [4.69, 9.17) is 0 Å². The maximum absolute atomic E-state index is 13.2. The molecular formula is C21H26FN3O3S. The summed E-state index contributed by atoms with van der Waals surface area (Å²) >= 11 is 0. The van der Waals surface area contributed by atoms with Gasteiger partial charge in [-0.05, 0) is 36.8 Å². The third-order valence-corrected chi connectivity index (χ3v) is 6.78. The molecule has 0 saturated carbocycles. The zero-order valence-electron chi connectivity index (χ0n) is 16.5. The van der Waals surface area contributed by atoms with Crippen molar-refractivity contribution in [1.82, 2.24) is 14.5 Å². The van der Waals surface area contributed by atoms with Gasteiger partial charge in [0.2, 0.25) is 10.0 Å². The number of hydrogen-bond donors (Lipinski definition) is 1. The molecule has 0 aromatic heterocycles. The molecule has 1 aliphatic heterocycles. The SMILES string of the molecule is Cc1cccc(C(=O)N(CCS(=O)(=O)N2CCNCC2)Cc2ccc(F)cc2)c1. The summed E-state index contributed by atoms with van der Waals surface area (Å²) in [5.74, 6) is -0.744. The predicted molar refractivity (Wildman–Crippen MR) is 111 cm³/mol. The van der Waals surface area contributed by atoms with Gasteiger partial charge in [0.15, 0.2) is 0 Å². The molecule has 2 aromatic carbocycles. The number of benzene rings is 2. The molecule has 156 valence electrons. The minimum Gasteiger partial charge on any atom is -0.333 e. The zero-order chi connectivity index (χ0) is 20.9. The Morgan fingerprint density at radius 1 is 1.14 bits per heavy atom. The van der Waals surface area contributed by atoms with Crippen LogP contribution in [0.5, 0.6) is 0 Å². The fraction of sp³-hybridized carbons (Fsp3) is 0.381. The molecule has 0 unspecified atom stereocenters. The smallest absolute Gasteiger partial charge is 0.254 e. The van der Waals surface area contributed by atoms with Crippen LogP contribution in [-0.2, 0) is 16.6 Å². The molecule has 1 fully saturated rings. The lowest BCUT2D eigenvalue weighted by molar-refractivity contribution is 0.0753. The molecule has 0 bridgehead atoms. The largest absolute Gasteiger partial charge is 0.333 e. The first kappa shape index (κ1) is 21.4. The van der Waals surface area contributed by atoms with E-state index in [0.717, 1.165) is 11.1 Å². The monoisotopic (exact) mass is 419 g/mol. The molecule has 0 atom stereocenters.